The molecule has 2 N–H and O–H groups in total. The standard InChI is InChI=1S/C10H16N2O/c13-7-10-11-8-5-3-1-2-4-6-9(8)12-10/h13H,1-7H2,(H,11,12). The summed E-state index contributed by atoms with van der Waals surface area (Å²) < 4.78 is 0. The van der Waals surface area contributed by atoms with E-state index in [4.69, 9.17) is 5.11 Å². The summed E-state index contributed by atoms with van der Waals surface area (Å²) in [5.74, 6) is 0.729. The van der Waals surface area contributed by atoms with E-state index in [2.05, 4.69) is 9.97 Å². The smallest absolute Gasteiger partial charge is 0.132 e. The number of aromatic nitrogens is 2. The van der Waals surface area contributed by atoms with Crippen molar-refractivity contribution in [1.82, 2.24) is 9.97 Å². The Morgan fingerprint density at radius 1 is 1.15 bits per heavy atom. The van der Waals surface area contributed by atoms with Crippen LogP contribution < -0.4 is 0 Å². The van der Waals surface area contributed by atoms with Crippen molar-refractivity contribution < 1.29 is 5.11 Å². The van der Waals surface area contributed by atoms with E-state index in [9.17, 15) is 0 Å². The van der Waals surface area contributed by atoms with Crippen molar-refractivity contribution in [3.8, 4) is 0 Å². The number of rotatable bonds is 1. The number of imidazole rings is 1. The zero-order valence-corrected chi connectivity index (χ0v) is 7.84. The minimum atomic E-state index is 0.0347. The third kappa shape index (κ3) is 1.91. The van der Waals surface area contributed by atoms with Gasteiger partial charge >= 0.3 is 0 Å². The van der Waals surface area contributed by atoms with E-state index in [1.165, 1.54) is 37.1 Å². The van der Waals surface area contributed by atoms with E-state index < -0.39 is 0 Å². The molecular weight excluding hydrogens is 164 g/mol. The minimum Gasteiger partial charge on any atom is -0.388 e. The lowest BCUT2D eigenvalue weighted by molar-refractivity contribution is 0.272. The van der Waals surface area contributed by atoms with Gasteiger partial charge in [-0.2, -0.15) is 0 Å². The van der Waals surface area contributed by atoms with Crippen molar-refractivity contribution in [3.05, 3.63) is 17.2 Å². The van der Waals surface area contributed by atoms with Gasteiger partial charge in [0.15, 0.2) is 0 Å². The summed E-state index contributed by atoms with van der Waals surface area (Å²) in [6.45, 7) is 0.0347. The fourth-order valence-electron chi connectivity index (χ4n) is 1.94. The van der Waals surface area contributed by atoms with Gasteiger partial charge in [-0.25, -0.2) is 4.98 Å². The maximum Gasteiger partial charge on any atom is 0.132 e. The van der Waals surface area contributed by atoms with Crippen LogP contribution in [0.2, 0.25) is 0 Å². The molecule has 72 valence electrons. The molecule has 0 atom stereocenters. The first-order chi connectivity index (χ1) is 6.40. The highest BCUT2D eigenvalue weighted by molar-refractivity contribution is 5.15. The van der Waals surface area contributed by atoms with Crippen molar-refractivity contribution in [2.45, 2.75) is 45.1 Å². The zero-order valence-electron chi connectivity index (χ0n) is 7.84. The zero-order chi connectivity index (χ0) is 9.10. The first kappa shape index (κ1) is 8.75. The van der Waals surface area contributed by atoms with E-state index in [0.717, 1.165) is 18.7 Å². The van der Waals surface area contributed by atoms with Crippen molar-refractivity contribution in [2.24, 2.45) is 0 Å². The quantitative estimate of drug-likeness (QED) is 0.689. The van der Waals surface area contributed by atoms with Crippen LogP contribution >= 0.6 is 0 Å². The minimum absolute atomic E-state index is 0.0347. The van der Waals surface area contributed by atoms with E-state index in [0.29, 0.717) is 0 Å². The van der Waals surface area contributed by atoms with Crippen LogP contribution in [-0.2, 0) is 19.4 Å². The Morgan fingerprint density at radius 3 is 2.69 bits per heavy atom. The molecule has 0 saturated heterocycles. The molecule has 0 saturated carbocycles. The van der Waals surface area contributed by atoms with Gasteiger partial charge in [0.2, 0.25) is 0 Å². The van der Waals surface area contributed by atoms with Crippen LogP contribution in [0.3, 0.4) is 0 Å². The van der Waals surface area contributed by atoms with E-state index in [1.807, 2.05) is 0 Å². The maximum absolute atomic E-state index is 8.93. The molecule has 1 aromatic heterocycles. The van der Waals surface area contributed by atoms with Gasteiger partial charge in [-0.3, -0.25) is 0 Å². The molecule has 0 amide bonds. The van der Waals surface area contributed by atoms with Crippen molar-refractivity contribution in [1.29, 1.82) is 0 Å². The molecule has 3 nitrogen and oxygen atoms in total. The summed E-state index contributed by atoms with van der Waals surface area (Å²) in [7, 11) is 0. The normalized spacial score (nSPS) is 17.6. The average Bonchev–Trinajstić information content (AvgIpc) is 2.47. The molecule has 0 aromatic carbocycles. The van der Waals surface area contributed by atoms with E-state index >= 15 is 0 Å². The van der Waals surface area contributed by atoms with E-state index in [1.54, 1.807) is 0 Å². The fraction of sp³-hybridized carbons (Fsp3) is 0.700. The van der Waals surface area contributed by atoms with Gasteiger partial charge in [-0.1, -0.05) is 12.8 Å². The molecule has 0 spiro atoms. The second-order valence-corrected chi connectivity index (χ2v) is 3.68. The lowest BCUT2D eigenvalue weighted by atomic mass is 10.0. The third-order valence-electron chi connectivity index (χ3n) is 2.65. The lowest BCUT2D eigenvalue weighted by Gasteiger charge is -2.06. The number of hydrogen-bond donors (Lipinski definition) is 2. The first-order valence-corrected chi connectivity index (χ1v) is 5.07. The number of aromatic amines is 1. The molecule has 0 fully saturated rings. The first-order valence-electron chi connectivity index (χ1n) is 5.07. The van der Waals surface area contributed by atoms with Gasteiger partial charge in [-0.15, -0.1) is 0 Å². The molecule has 0 bridgehead atoms. The molecular formula is C10H16N2O. The summed E-state index contributed by atoms with van der Waals surface area (Å²) >= 11 is 0. The number of nitrogens with zero attached hydrogens (tertiary/aromatic N) is 1. The lowest BCUT2D eigenvalue weighted by Crippen LogP contribution is -1.98. The average molecular weight is 180 g/mol. The molecule has 0 aliphatic heterocycles. The molecule has 1 aliphatic rings. The van der Waals surface area contributed by atoms with Gasteiger partial charge in [0.05, 0.1) is 5.69 Å². The van der Waals surface area contributed by atoms with E-state index in [-0.39, 0.29) is 6.61 Å². The van der Waals surface area contributed by atoms with Crippen LogP contribution in [0.1, 0.15) is 42.9 Å². The monoisotopic (exact) mass is 180 g/mol. The fourth-order valence-corrected chi connectivity index (χ4v) is 1.94. The predicted molar refractivity (Wildman–Crippen MR) is 50.4 cm³/mol. The summed E-state index contributed by atoms with van der Waals surface area (Å²) in [6.07, 6.45) is 7.31. The summed E-state index contributed by atoms with van der Waals surface area (Å²) in [5, 5.41) is 8.93. The van der Waals surface area contributed by atoms with Gasteiger partial charge in [0.25, 0.3) is 0 Å². The Bertz CT molecular complexity index is 255. The molecule has 0 radical (unpaired) electrons. The molecule has 13 heavy (non-hydrogen) atoms. The molecule has 2 rings (SSSR count). The Morgan fingerprint density at radius 2 is 1.92 bits per heavy atom. The van der Waals surface area contributed by atoms with Crippen LogP contribution in [0.5, 0.6) is 0 Å². The van der Waals surface area contributed by atoms with Crippen LogP contribution in [0.4, 0.5) is 0 Å². The second kappa shape index (κ2) is 3.92. The van der Waals surface area contributed by atoms with Crippen LogP contribution in [0.25, 0.3) is 0 Å². The van der Waals surface area contributed by atoms with Crippen molar-refractivity contribution >= 4 is 0 Å². The number of aryl methyl sites for hydroxylation is 2. The molecule has 1 heterocycles. The van der Waals surface area contributed by atoms with Crippen LogP contribution in [0.15, 0.2) is 0 Å². The predicted octanol–water partition coefficient (Wildman–Crippen LogP) is 1.56. The van der Waals surface area contributed by atoms with Gasteiger partial charge in [0, 0.05) is 5.69 Å². The maximum atomic E-state index is 8.93. The summed E-state index contributed by atoms with van der Waals surface area (Å²) in [6, 6.07) is 0. The number of aliphatic hydroxyl groups excluding tert-OH is 1. The topological polar surface area (TPSA) is 48.9 Å². The summed E-state index contributed by atoms with van der Waals surface area (Å²) in [5.41, 5.74) is 2.44. The molecule has 3 heteroatoms. The van der Waals surface area contributed by atoms with Crippen LogP contribution in [-0.4, -0.2) is 15.1 Å². The highest BCUT2D eigenvalue weighted by atomic mass is 16.3. The Labute approximate surface area is 78.2 Å². The number of H-pyrrole nitrogens is 1. The van der Waals surface area contributed by atoms with Crippen molar-refractivity contribution in [3.63, 3.8) is 0 Å². The second-order valence-electron chi connectivity index (χ2n) is 3.68. The Balaban J connectivity index is 2.21. The number of aliphatic hydroxyl groups is 1. The largest absolute Gasteiger partial charge is 0.388 e. The Kier molecular flexibility index (Phi) is 2.64. The summed E-state index contributed by atoms with van der Waals surface area (Å²) in [4.78, 5) is 7.56. The van der Waals surface area contributed by atoms with Gasteiger partial charge in [-0.05, 0) is 25.7 Å². The highest BCUT2D eigenvalue weighted by Crippen LogP contribution is 2.17. The number of fused-ring (bicyclic) bond motifs is 1. The van der Waals surface area contributed by atoms with Gasteiger partial charge in [0.1, 0.15) is 12.4 Å². The number of nitrogens with one attached hydrogen (secondary N) is 1. The highest BCUT2D eigenvalue weighted by Gasteiger charge is 2.11. The molecule has 1 aromatic rings. The number of hydrogen-bond acceptors (Lipinski definition) is 2. The third-order valence-corrected chi connectivity index (χ3v) is 2.65. The SMILES string of the molecule is OCc1nc2c([nH]1)CCCCCC2. The molecule has 1 aliphatic carbocycles. The Hall–Kier alpha value is -0.830. The van der Waals surface area contributed by atoms with Gasteiger partial charge < -0.3 is 10.1 Å². The molecule has 0 unspecified atom stereocenters. The van der Waals surface area contributed by atoms with Crippen molar-refractivity contribution in [2.75, 3.05) is 0 Å². The van der Waals surface area contributed by atoms with Crippen LogP contribution in [0, 0.1) is 0 Å².